The van der Waals surface area contributed by atoms with Gasteiger partial charge in [0.25, 0.3) is 0 Å². The third kappa shape index (κ3) is 10.5. The standard InChI is InChI=1S/C12H24S2/c1-3-4-5-6-7-8-9-10-11-12(13)14-2/h3-11H2,1-2H3. The van der Waals surface area contributed by atoms with Crippen molar-refractivity contribution in [2.45, 2.75) is 64.7 Å². The number of hydrogen-bond donors (Lipinski definition) is 0. The Morgan fingerprint density at radius 2 is 1.43 bits per heavy atom. The molecule has 84 valence electrons. The molecule has 0 N–H and O–H groups in total. The van der Waals surface area contributed by atoms with E-state index < -0.39 is 0 Å². The zero-order valence-corrected chi connectivity index (χ0v) is 11.3. The molecule has 0 rings (SSSR count). The second kappa shape index (κ2) is 11.5. The molecule has 0 fully saturated rings. The molecule has 0 unspecified atom stereocenters. The minimum Gasteiger partial charge on any atom is -0.122 e. The summed E-state index contributed by atoms with van der Waals surface area (Å²) in [6.45, 7) is 2.27. The molecule has 0 heterocycles. The molecule has 0 amide bonds. The average Bonchev–Trinajstić information content (AvgIpc) is 2.21. The number of hydrogen-bond acceptors (Lipinski definition) is 2. The quantitative estimate of drug-likeness (QED) is 0.395. The van der Waals surface area contributed by atoms with Crippen molar-refractivity contribution in [3.63, 3.8) is 0 Å². The van der Waals surface area contributed by atoms with Gasteiger partial charge in [0.15, 0.2) is 0 Å². The molecule has 0 aromatic carbocycles. The molecule has 0 aliphatic carbocycles. The van der Waals surface area contributed by atoms with Gasteiger partial charge in [-0.3, -0.25) is 0 Å². The fraction of sp³-hybridized carbons (Fsp3) is 0.917. The number of rotatable bonds is 9. The van der Waals surface area contributed by atoms with Gasteiger partial charge < -0.3 is 0 Å². The Balaban J connectivity index is 2.95. The van der Waals surface area contributed by atoms with Crippen molar-refractivity contribution < 1.29 is 0 Å². The second-order valence-electron chi connectivity index (χ2n) is 3.80. The molecular weight excluding hydrogens is 208 g/mol. The first-order valence-electron chi connectivity index (χ1n) is 5.88. The Bertz CT molecular complexity index is 132. The molecule has 0 aromatic rings. The molecule has 0 nitrogen and oxygen atoms in total. The van der Waals surface area contributed by atoms with Crippen LogP contribution in [0, 0.1) is 0 Å². The Morgan fingerprint density at radius 3 is 1.93 bits per heavy atom. The summed E-state index contributed by atoms with van der Waals surface area (Å²) >= 11 is 6.88. The van der Waals surface area contributed by atoms with Crippen LogP contribution in [0.25, 0.3) is 0 Å². The SMILES string of the molecule is CCCCCCCCCCC(=S)SC. The molecule has 0 aliphatic rings. The fourth-order valence-electron chi connectivity index (χ4n) is 1.51. The lowest BCUT2D eigenvalue weighted by molar-refractivity contribution is 0.581. The van der Waals surface area contributed by atoms with Gasteiger partial charge in [0.05, 0.1) is 0 Å². The first-order chi connectivity index (χ1) is 6.81. The van der Waals surface area contributed by atoms with Gasteiger partial charge in [0.1, 0.15) is 0 Å². The molecule has 2 heteroatoms. The lowest BCUT2D eigenvalue weighted by Gasteiger charge is -2.01. The Kier molecular flexibility index (Phi) is 11.9. The van der Waals surface area contributed by atoms with Crippen molar-refractivity contribution >= 4 is 28.2 Å². The highest BCUT2D eigenvalue weighted by Gasteiger charge is 1.94. The highest BCUT2D eigenvalue weighted by molar-refractivity contribution is 8.22. The summed E-state index contributed by atoms with van der Waals surface area (Å²) in [5, 5.41) is 0. The van der Waals surface area contributed by atoms with Gasteiger partial charge in [-0.2, -0.15) is 0 Å². The van der Waals surface area contributed by atoms with Crippen LogP contribution in [-0.4, -0.2) is 10.5 Å². The van der Waals surface area contributed by atoms with Gasteiger partial charge in [-0.15, -0.1) is 11.8 Å². The van der Waals surface area contributed by atoms with Gasteiger partial charge in [-0.05, 0) is 19.1 Å². The first-order valence-corrected chi connectivity index (χ1v) is 7.51. The van der Waals surface area contributed by atoms with Crippen LogP contribution in [0.4, 0.5) is 0 Å². The topological polar surface area (TPSA) is 0 Å². The van der Waals surface area contributed by atoms with Crippen molar-refractivity contribution in [2.75, 3.05) is 6.26 Å². The molecule has 0 aliphatic heterocycles. The van der Waals surface area contributed by atoms with E-state index in [-0.39, 0.29) is 0 Å². The van der Waals surface area contributed by atoms with E-state index in [1.54, 1.807) is 11.8 Å². The normalized spacial score (nSPS) is 10.4. The van der Waals surface area contributed by atoms with Gasteiger partial charge in [-0.25, -0.2) is 0 Å². The van der Waals surface area contributed by atoms with Crippen molar-refractivity contribution in [1.82, 2.24) is 0 Å². The van der Waals surface area contributed by atoms with E-state index in [9.17, 15) is 0 Å². The van der Waals surface area contributed by atoms with Crippen LogP contribution in [0.3, 0.4) is 0 Å². The molecule has 0 atom stereocenters. The first kappa shape index (κ1) is 14.4. The maximum Gasteiger partial charge on any atom is 0.0475 e. The summed E-state index contributed by atoms with van der Waals surface area (Å²) in [7, 11) is 0. The molecule has 14 heavy (non-hydrogen) atoms. The van der Waals surface area contributed by atoms with Gasteiger partial charge >= 0.3 is 0 Å². The predicted molar refractivity (Wildman–Crippen MR) is 73.3 cm³/mol. The van der Waals surface area contributed by atoms with E-state index in [0.717, 1.165) is 6.42 Å². The van der Waals surface area contributed by atoms with E-state index in [0.29, 0.717) is 0 Å². The van der Waals surface area contributed by atoms with Crippen molar-refractivity contribution in [3.8, 4) is 0 Å². The maximum absolute atomic E-state index is 5.15. The van der Waals surface area contributed by atoms with Crippen molar-refractivity contribution in [1.29, 1.82) is 0 Å². The molecule has 0 aromatic heterocycles. The zero-order valence-electron chi connectivity index (χ0n) is 9.68. The maximum atomic E-state index is 5.15. The minimum absolute atomic E-state index is 1.14. The molecule has 0 radical (unpaired) electrons. The van der Waals surface area contributed by atoms with Crippen LogP contribution in [0.5, 0.6) is 0 Å². The second-order valence-corrected chi connectivity index (χ2v) is 5.45. The van der Waals surface area contributed by atoms with Crippen molar-refractivity contribution in [3.05, 3.63) is 0 Å². The minimum atomic E-state index is 1.14. The lowest BCUT2D eigenvalue weighted by atomic mass is 10.1. The van der Waals surface area contributed by atoms with E-state index >= 15 is 0 Å². The Morgan fingerprint density at radius 1 is 0.929 bits per heavy atom. The monoisotopic (exact) mass is 232 g/mol. The van der Waals surface area contributed by atoms with E-state index in [1.807, 2.05) is 0 Å². The average molecular weight is 232 g/mol. The van der Waals surface area contributed by atoms with E-state index in [1.165, 1.54) is 55.6 Å². The summed E-state index contributed by atoms with van der Waals surface area (Å²) in [6.07, 6.45) is 14.3. The Labute approximate surface area is 99.2 Å². The highest BCUT2D eigenvalue weighted by Crippen LogP contribution is 2.12. The van der Waals surface area contributed by atoms with E-state index in [4.69, 9.17) is 12.2 Å². The third-order valence-corrected chi connectivity index (χ3v) is 3.83. The molecule has 0 saturated heterocycles. The fourth-order valence-corrected chi connectivity index (χ4v) is 2.00. The summed E-state index contributed by atoms with van der Waals surface area (Å²) in [5.74, 6) is 0. The van der Waals surface area contributed by atoms with Crippen LogP contribution in [0.1, 0.15) is 64.7 Å². The summed E-state index contributed by atoms with van der Waals surface area (Å²) in [5.41, 5.74) is 0. The number of thioether (sulfide) groups is 1. The number of unbranched alkanes of at least 4 members (excludes halogenated alkanes) is 7. The van der Waals surface area contributed by atoms with Crippen LogP contribution >= 0.6 is 24.0 Å². The summed E-state index contributed by atoms with van der Waals surface area (Å²) in [4.78, 5) is 0. The lowest BCUT2D eigenvalue weighted by Crippen LogP contribution is -1.87. The zero-order chi connectivity index (χ0) is 10.6. The highest BCUT2D eigenvalue weighted by atomic mass is 32.2. The van der Waals surface area contributed by atoms with Crippen LogP contribution in [0.15, 0.2) is 0 Å². The van der Waals surface area contributed by atoms with Crippen LogP contribution in [-0.2, 0) is 0 Å². The van der Waals surface area contributed by atoms with Gasteiger partial charge in [0.2, 0.25) is 0 Å². The van der Waals surface area contributed by atoms with Gasteiger partial charge in [0, 0.05) is 4.20 Å². The summed E-state index contributed by atoms with van der Waals surface area (Å²) < 4.78 is 1.18. The molecule has 0 bridgehead atoms. The molecule has 0 saturated carbocycles. The largest absolute Gasteiger partial charge is 0.122 e. The predicted octanol–water partition coefficient (Wildman–Crippen LogP) is 5.21. The third-order valence-electron chi connectivity index (χ3n) is 2.46. The molecule has 0 spiro atoms. The van der Waals surface area contributed by atoms with Gasteiger partial charge in [-0.1, -0.05) is 64.1 Å². The van der Waals surface area contributed by atoms with Crippen LogP contribution in [0.2, 0.25) is 0 Å². The number of thiocarbonyl (C=S) groups is 1. The molecular formula is C12H24S2. The summed E-state index contributed by atoms with van der Waals surface area (Å²) in [6, 6.07) is 0. The van der Waals surface area contributed by atoms with Crippen molar-refractivity contribution in [2.24, 2.45) is 0 Å². The smallest absolute Gasteiger partial charge is 0.0475 e. The Hall–Kier alpha value is 0.440. The van der Waals surface area contributed by atoms with E-state index in [2.05, 4.69) is 13.2 Å². The van der Waals surface area contributed by atoms with Crippen LogP contribution < -0.4 is 0 Å².